The maximum Gasteiger partial charge on any atom is 0.243 e. The van der Waals surface area contributed by atoms with Gasteiger partial charge in [0.25, 0.3) is 0 Å². The van der Waals surface area contributed by atoms with Crippen LogP contribution in [0.4, 0.5) is 0 Å². The first-order chi connectivity index (χ1) is 11.6. The molecule has 0 heterocycles. The quantitative estimate of drug-likeness (QED) is 0.256. The van der Waals surface area contributed by atoms with E-state index < -0.39 is 0 Å². The summed E-state index contributed by atoms with van der Waals surface area (Å²) in [6.45, 7) is 7.70. The van der Waals surface area contributed by atoms with Crippen molar-refractivity contribution in [1.29, 1.82) is 0 Å². The smallest absolute Gasteiger partial charge is 0.243 e. The highest BCUT2D eigenvalue weighted by Crippen LogP contribution is 2.13. The Hall–Kier alpha value is -1.77. The number of carbonyl (C=O) groups excluding carboxylic acids is 1. The van der Waals surface area contributed by atoms with Crippen molar-refractivity contribution in [2.24, 2.45) is 4.99 Å². The molecule has 0 saturated heterocycles. The molecule has 0 atom stereocenters. The second-order valence-corrected chi connectivity index (χ2v) is 5.38. The van der Waals surface area contributed by atoms with E-state index in [2.05, 4.69) is 28.3 Å². The lowest BCUT2D eigenvalue weighted by atomic mass is 10.1. The Morgan fingerprint density at radius 1 is 1.36 bits per heavy atom. The van der Waals surface area contributed by atoms with Gasteiger partial charge in [0.05, 0.1) is 6.61 Å². The molecule has 0 unspecified atom stereocenters. The molecule has 0 bridgehead atoms. The average molecular weight is 460 g/mol. The van der Waals surface area contributed by atoms with Crippen LogP contribution >= 0.6 is 24.0 Å². The molecule has 25 heavy (non-hydrogen) atoms. The second-order valence-electron chi connectivity index (χ2n) is 5.38. The fraction of sp³-hybridized carbons (Fsp3) is 0.444. The van der Waals surface area contributed by atoms with E-state index in [9.17, 15) is 4.79 Å². The van der Waals surface area contributed by atoms with E-state index in [1.54, 1.807) is 20.2 Å². The van der Waals surface area contributed by atoms with Crippen LogP contribution in [0.3, 0.4) is 0 Å². The van der Waals surface area contributed by atoms with Crippen molar-refractivity contribution < 1.29 is 9.53 Å². The van der Waals surface area contributed by atoms with Crippen molar-refractivity contribution in [3.63, 3.8) is 0 Å². The predicted molar refractivity (Wildman–Crippen MR) is 114 cm³/mol. The van der Waals surface area contributed by atoms with Gasteiger partial charge in [-0.1, -0.05) is 18.2 Å². The van der Waals surface area contributed by atoms with Crippen molar-refractivity contribution in [2.45, 2.75) is 13.3 Å². The molecule has 140 valence electrons. The molecule has 0 aliphatic carbocycles. The van der Waals surface area contributed by atoms with Crippen molar-refractivity contribution in [2.75, 3.05) is 40.3 Å². The standard InChI is InChI=1S/C18H28N4O2.HI/c1-5-11-19-18(21-14-17(23)22(3)4)20-12-10-15-8-7-9-16(13-15)24-6-2;/h5,7-9,13H,1,6,10-12,14H2,2-4H3,(H2,19,20,21);1H. The number of nitrogens with one attached hydrogen (secondary N) is 2. The van der Waals surface area contributed by atoms with E-state index in [1.165, 1.54) is 10.5 Å². The monoisotopic (exact) mass is 460 g/mol. The average Bonchev–Trinajstić information content (AvgIpc) is 2.57. The molecule has 7 heteroatoms. The first-order valence-corrected chi connectivity index (χ1v) is 8.11. The summed E-state index contributed by atoms with van der Waals surface area (Å²) < 4.78 is 5.50. The van der Waals surface area contributed by atoms with Crippen LogP contribution in [0.2, 0.25) is 0 Å². The lowest BCUT2D eigenvalue weighted by Gasteiger charge is -2.13. The Morgan fingerprint density at radius 2 is 2.12 bits per heavy atom. The van der Waals surface area contributed by atoms with Crippen molar-refractivity contribution in [3.05, 3.63) is 42.5 Å². The number of guanidine groups is 1. The molecular formula is C18H29IN4O2. The number of ether oxygens (including phenoxy) is 1. The number of halogens is 1. The van der Waals surface area contributed by atoms with E-state index in [1.807, 2.05) is 25.1 Å². The van der Waals surface area contributed by atoms with Gasteiger partial charge in [0, 0.05) is 27.2 Å². The Morgan fingerprint density at radius 3 is 2.76 bits per heavy atom. The van der Waals surface area contributed by atoms with Gasteiger partial charge >= 0.3 is 0 Å². The van der Waals surface area contributed by atoms with Gasteiger partial charge in [-0.3, -0.25) is 4.79 Å². The van der Waals surface area contributed by atoms with Crippen LogP contribution in [0.15, 0.2) is 41.9 Å². The molecule has 0 aliphatic rings. The highest BCUT2D eigenvalue weighted by atomic mass is 127. The minimum Gasteiger partial charge on any atom is -0.494 e. The van der Waals surface area contributed by atoms with Gasteiger partial charge in [0.15, 0.2) is 5.96 Å². The van der Waals surface area contributed by atoms with E-state index in [0.29, 0.717) is 25.7 Å². The summed E-state index contributed by atoms with van der Waals surface area (Å²) in [5.74, 6) is 1.44. The minimum absolute atomic E-state index is 0. The van der Waals surface area contributed by atoms with Crippen LogP contribution in [-0.2, 0) is 11.2 Å². The molecule has 2 N–H and O–H groups in total. The predicted octanol–water partition coefficient (Wildman–Crippen LogP) is 2.06. The topological polar surface area (TPSA) is 66.0 Å². The van der Waals surface area contributed by atoms with Gasteiger partial charge < -0.3 is 20.3 Å². The van der Waals surface area contributed by atoms with Crippen LogP contribution in [0.1, 0.15) is 12.5 Å². The highest BCUT2D eigenvalue weighted by Gasteiger charge is 2.04. The molecule has 0 fully saturated rings. The Balaban J connectivity index is 0.00000576. The van der Waals surface area contributed by atoms with Gasteiger partial charge in [-0.05, 0) is 31.0 Å². The Labute approximate surface area is 167 Å². The Bertz CT molecular complexity index is 562. The fourth-order valence-corrected chi connectivity index (χ4v) is 1.91. The van der Waals surface area contributed by atoms with Gasteiger partial charge in [-0.15, -0.1) is 30.6 Å². The molecule has 0 radical (unpaired) electrons. The maximum atomic E-state index is 11.6. The summed E-state index contributed by atoms with van der Waals surface area (Å²) in [5.41, 5.74) is 1.18. The summed E-state index contributed by atoms with van der Waals surface area (Å²) in [7, 11) is 3.43. The summed E-state index contributed by atoms with van der Waals surface area (Å²) in [5, 5.41) is 6.34. The number of nitrogens with zero attached hydrogens (tertiary/aromatic N) is 2. The third-order valence-corrected chi connectivity index (χ3v) is 3.20. The molecule has 1 aromatic carbocycles. The van der Waals surface area contributed by atoms with E-state index >= 15 is 0 Å². The molecule has 0 spiro atoms. The van der Waals surface area contributed by atoms with Crippen molar-refractivity contribution in [1.82, 2.24) is 15.5 Å². The molecule has 1 rings (SSSR count). The van der Waals surface area contributed by atoms with E-state index in [4.69, 9.17) is 4.74 Å². The number of benzene rings is 1. The lowest BCUT2D eigenvalue weighted by molar-refractivity contribution is -0.127. The first-order valence-electron chi connectivity index (χ1n) is 8.11. The van der Waals surface area contributed by atoms with Gasteiger partial charge in [-0.25, -0.2) is 4.99 Å². The van der Waals surface area contributed by atoms with Gasteiger partial charge in [0.2, 0.25) is 5.91 Å². The number of rotatable bonds is 9. The van der Waals surface area contributed by atoms with Crippen LogP contribution in [0.25, 0.3) is 0 Å². The summed E-state index contributed by atoms with van der Waals surface area (Å²) in [4.78, 5) is 17.5. The molecule has 1 amide bonds. The van der Waals surface area contributed by atoms with Crippen LogP contribution in [0.5, 0.6) is 5.75 Å². The number of hydrogen-bond acceptors (Lipinski definition) is 3. The third kappa shape index (κ3) is 9.96. The van der Waals surface area contributed by atoms with Crippen LogP contribution < -0.4 is 15.4 Å². The number of likely N-dealkylation sites (N-methyl/N-ethyl adjacent to an activating group) is 1. The van der Waals surface area contributed by atoms with Gasteiger partial charge in [-0.2, -0.15) is 0 Å². The summed E-state index contributed by atoms with van der Waals surface area (Å²) >= 11 is 0. The molecule has 0 aromatic heterocycles. The van der Waals surface area contributed by atoms with Crippen molar-refractivity contribution >= 4 is 35.8 Å². The zero-order valence-corrected chi connectivity index (χ0v) is 17.6. The van der Waals surface area contributed by atoms with Gasteiger partial charge in [0.1, 0.15) is 12.3 Å². The molecule has 0 saturated carbocycles. The third-order valence-electron chi connectivity index (χ3n) is 3.20. The normalized spacial score (nSPS) is 10.4. The first kappa shape index (κ1) is 23.2. The number of hydrogen-bond donors (Lipinski definition) is 2. The summed E-state index contributed by atoms with van der Waals surface area (Å²) in [6, 6.07) is 8.04. The van der Waals surface area contributed by atoms with E-state index in [0.717, 1.165) is 12.2 Å². The van der Waals surface area contributed by atoms with E-state index in [-0.39, 0.29) is 36.4 Å². The SMILES string of the molecule is C=CCNC(=NCC(=O)N(C)C)NCCc1cccc(OCC)c1.I. The minimum atomic E-state index is -0.0425. The van der Waals surface area contributed by atoms with Crippen LogP contribution in [-0.4, -0.2) is 57.1 Å². The summed E-state index contributed by atoms with van der Waals surface area (Å²) in [6.07, 6.45) is 2.58. The molecule has 0 aliphatic heterocycles. The fourth-order valence-electron chi connectivity index (χ4n) is 1.91. The highest BCUT2D eigenvalue weighted by molar-refractivity contribution is 14.0. The van der Waals surface area contributed by atoms with Crippen LogP contribution in [0, 0.1) is 0 Å². The molecule has 6 nitrogen and oxygen atoms in total. The number of amides is 1. The largest absolute Gasteiger partial charge is 0.494 e. The Kier molecular flexibility index (Phi) is 12.6. The number of aliphatic imine (C=N–C) groups is 1. The number of carbonyl (C=O) groups is 1. The molecule has 1 aromatic rings. The zero-order chi connectivity index (χ0) is 17.8. The lowest BCUT2D eigenvalue weighted by Crippen LogP contribution is -2.39. The molecular weight excluding hydrogens is 431 g/mol. The second kappa shape index (κ2) is 13.5. The zero-order valence-electron chi connectivity index (χ0n) is 15.2. The maximum absolute atomic E-state index is 11.6. The van der Waals surface area contributed by atoms with Crippen molar-refractivity contribution in [3.8, 4) is 5.75 Å².